The summed E-state index contributed by atoms with van der Waals surface area (Å²) < 4.78 is 18.5. The number of halogens is 1. The van der Waals surface area contributed by atoms with Gasteiger partial charge in [-0.2, -0.15) is 0 Å². The molecule has 1 saturated carbocycles. The summed E-state index contributed by atoms with van der Waals surface area (Å²) in [6.07, 6.45) is 4.34. The van der Waals surface area contributed by atoms with Gasteiger partial charge in [0.2, 0.25) is 0 Å². The minimum Gasteiger partial charge on any atom is -0.494 e. The Morgan fingerprint density at radius 1 is 1.42 bits per heavy atom. The highest BCUT2D eigenvalue weighted by molar-refractivity contribution is 5.29. The van der Waals surface area contributed by atoms with E-state index in [0.717, 1.165) is 24.9 Å². The van der Waals surface area contributed by atoms with E-state index in [1.807, 2.05) is 6.07 Å². The van der Waals surface area contributed by atoms with Gasteiger partial charge in [-0.3, -0.25) is 0 Å². The van der Waals surface area contributed by atoms with Crippen molar-refractivity contribution >= 4 is 0 Å². The highest BCUT2D eigenvalue weighted by atomic mass is 19.1. The largest absolute Gasteiger partial charge is 0.494 e. The van der Waals surface area contributed by atoms with E-state index < -0.39 is 0 Å². The molecule has 0 aromatic heterocycles. The summed E-state index contributed by atoms with van der Waals surface area (Å²) in [4.78, 5) is 2.31. The Hall–Kier alpha value is -1.13. The summed E-state index contributed by atoms with van der Waals surface area (Å²) >= 11 is 0. The normalized spacial score (nSPS) is 23.0. The SMILES string of the molecule is COc1ccc(CCN(C)C2CCCC2N)cc1F. The summed E-state index contributed by atoms with van der Waals surface area (Å²) in [5, 5.41) is 0. The Labute approximate surface area is 114 Å². The maximum Gasteiger partial charge on any atom is 0.165 e. The molecule has 19 heavy (non-hydrogen) atoms. The maximum absolute atomic E-state index is 13.6. The minimum absolute atomic E-state index is 0.289. The fraction of sp³-hybridized carbons (Fsp3) is 0.600. The first-order valence-electron chi connectivity index (χ1n) is 6.90. The van der Waals surface area contributed by atoms with Crippen LogP contribution in [0.25, 0.3) is 0 Å². The van der Waals surface area contributed by atoms with Gasteiger partial charge in [0.25, 0.3) is 0 Å². The van der Waals surface area contributed by atoms with Crippen LogP contribution < -0.4 is 10.5 Å². The maximum atomic E-state index is 13.6. The van der Waals surface area contributed by atoms with E-state index in [1.54, 1.807) is 12.1 Å². The first-order chi connectivity index (χ1) is 9.11. The summed E-state index contributed by atoms with van der Waals surface area (Å²) in [5.74, 6) is 0.00939. The van der Waals surface area contributed by atoms with Gasteiger partial charge in [0.05, 0.1) is 7.11 Å². The minimum atomic E-state index is -0.291. The van der Waals surface area contributed by atoms with Crippen LogP contribution in [0.15, 0.2) is 18.2 Å². The van der Waals surface area contributed by atoms with Crippen LogP contribution in [0, 0.1) is 5.82 Å². The van der Waals surface area contributed by atoms with Crippen LogP contribution in [0.4, 0.5) is 4.39 Å². The molecule has 3 nitrogen and oxygen atoms in total. The molecular weight excluding hydrogens is 243 g/mol. The van der Waals surface area contributed by atoms with Crippen molar-refractivity contribution in [2.75, 3.05) is 20.7 Å². The molecule has 2 atom stereocenters. The Bertz CT molecular complexity index is 425. The van der Waals surface area contributed by atoms with E-state index in [-0.39, 0.29) is 11.9 Å². The van der Waals surface area contributed by atoms with Crippen LogP contribution >= 0.6 is 0 Å². The molecule has 106 valence electrons. The number of hydrogen-bond acceptors (Lipinski definition) is 3. The fourth-order valence-electron chi connectivity index (χ4n) is 2.85. The molecule has 0 aliphatic heterocycles. The van der Waals surface area contributed by atoms with Crippen molar-refractivity contribution < 1.29 is 9.13 Å². The monoisotopic (exact) mass is 266 g/mol. The molecule has 1 aromatic carbocycles. The van der Waals surface area contributed by atoms with Gasteiger partial charge in [0, 0.05) is 18.6 Å². The van der Waals surface area contributed by atoms with Crippen LogP contribution in [-0.2, 0) is 6.42 Å². The van der Waals surface area contributed by atoms with E-state index in [4.69, 9.17) is 10.5 Å². The van der Waals surface area contributed by atoms with Crippen LogP contribution in [0.2, 0.25) is 0 Å². The predicted octanol–water partition coefficient (Wildman–Crippen LogP) is 2.19. The summed E-state index contributed by atoms with van der Waals surface area (Å²) in [6, 6.07) is 5.93. The number of rotatable bonds is 5. The number of nitrogens with zero attached hydrogens (tertiary/aromatic N) is 1. The Morgan fingerprint density at radius 3 is 2.79 bits per heavy atom. The first-order valence-corrected chi connectivity index (χ1v) is 6.90. The Balaban J connectivity index is 1.89. The topological polar surface area (TPSA) is 38.5 Å². The second kappa shape index (κ2) is 6.35. The van der Waals surface area contributed by atoms with Crippen molar-refractivity contribution in [2.24, 2.45) is 5.73 Å². The van der Waals surface area contributed by atoms with Gasteiger partial charge in [0.15, 0.2) is 11.6 Å². The van der Waals surface area contributed by atoms with Gasteiger partial charge < -0.3 is 15.4 Å². The number of methoxy groups -OCH3 is 1. The molecule has 1 aliphatic carbocycles. The van der Waals surface area contributed by atoms with E-state index >= 15 is 0 Å². The van der Waals surface area contributed by atoms with Gasteiger partial charge in [-0.25, -0.2) is 4.39 Å². The molecule has 0 radical (unpaired) electrons. The lowest BCUT2D eigenvalue weighted by Gasteiger charge is -2.27. The number of likely N-dealkylation sites (N-methyl/N-ethyl adjacent to an activating group) is 1. The number of benzene rings is 1. The molecule has 2 unspecified atom stereocenters. The third-order valence-electron chi connectivity index (χ3n) is 4.07. The zero-order chi connectivity index (χ0) is 13.8. The standard InChI is InChI=1S/C15H23FN2O/c1-18(14-5-3-4-13(14)17)9-8-11-6-7-15(19-2)12(16)10-11/h6-7,10,13-14H,3-5,8-9,17H2,1-2H3. The molecule has 1 aliphatic rings. The third-order valence-corrected chi connectivity index (χ3v) is 4.07. The molecule has 0 spiro atoms. The molecule has 1 fully saturated rings. The predicted molar refractivity (Wildman–Crippen MR) is 74.9 cm³/mol. The van der Waals surface area contributed by atoms with E-state index in [2.05, 4.69) is 11.9 Å². The number of ether oxygens (including phenoxy) is 1. The molecule has 2 rings (SSSR count). The third kappa shape index (κ3) is 3.45. The Kier molecular flexibility index (Phi) is 4.77. The lowest BCUT2D eigenvalue weighted by atomic mass is 10.1. The lowest BCUT2D eigenvalue weighted by molar-refractivity contribution is 0.231. The lowest BCUT2D eigenvalue weighted by Crippen LogP contribution is -2.43. The second-order valence-electron chi connectivity index (χ2n) is 5.36. The van der Waals surface area contributed by atoms with Crippen molar-refractivity contribution in [1.82, 2.24) is 4.90 Å². The van der Waals surface area contributed by atoms with Gasteiger partial charge in [0.1, 0.15) is 0 Å². The average Bonchev–Trinajstić information content (AvgIpc) is 2.82. The van der Waals surface area contributed by atoms with Crippen LogP contribution in [-0.4, -0.2) is 37.7 Å². The van der Waals surface area contributed by atoms with Crippen LogP contribution in [0.5, 0.6) is 5.75 Å². The number of nitrogens with two attached hydrogens (primary N) is 1. The molecule has 2 N–H and O–H groups in total. The van der Waals surface area contributed by atoms with Gasteiger partial charge in [-0.05, 0) is 44.0 Å². The van der Waals surface area contributed by atoms with Crippen LogP contribution in [0.3, 0.4) is 0 Å². The highest BCUT2D eigenvalue weighted by Gasteiger charge is 2.26. The van der Waals surface area contributed by atoms with Crippen LogP contribution in [0.1, 0.15) is 24.8 Å². The molecule has 0 heterocycles. The molecule has 0 saturated heterocycles. The molecule has 0 amide bonds. The van der Waals surface area contributed by atoms with Gasteiger partial charge in [-0.1, -0.05) is 12.5 Å². The van der Waals surface area contributed by atoms with Crippen molar-refractivity contribution in [1.29, 1.82) is 0 Å². The van der Waals surface area contributed by atoms with E-state index in [1.165, 1.54) is 20.0 Å². The van der Waals surface area contributed by atoms with Gasteiger partial charge >= 0.3 is 0 Å². The zero-order valence-corrected chi connectivity index (χ0v) is 11.7. The smallest absolute Gasteiger partial charge is 0.165 e. The molecule has 4 heteroatoms. The second-order valence-corrected chi connectivity index (χ2v) is 5.36. The summed E-state index contributed by atoms with van der Waals surface area (Å²) in [6.45, 7) is 0.907. The zero-order valence-electron chi connectivity index (χ0n) is 11.7. The number of hydrogen-bond donors (Lipinski definition) is 1. The highest BCUT2D eigenvalue weighted by Crippen LogP contribution is 2.22. The average molecular weight is 266 g/mol. The van der Waals surface area contributed by atoms with E-state index in [0.29, 0.717) is 11.8 Å². The van der Waals surface area contributed by atoms with Crippen molar-refractivity contribution in [3.8, 4) is 5.75 Å². The van der Waals surface area contributed by atoms with Crippen molar-refractivity contribution in [3.05, 3.63) is 29.6 Å². The summed E-state index contributed by atoms with van der Waals surface area (Å²) in [5.41, 5.74) is 7.09. The van der Waals surface area contributed by atoms with Crippen molar-refractivity contribution in [2.45, 2.75) is 37.8 Å². The molecule has 1 aromatic rings. The molecular formula is C15H23FN2O. The fourth-order valence-corrected chi connectivity index (χ4v) is 2.85. The van der Waals surface area contributed by atoms with Gasteiger partial charge in [-0.15, -0.1) is 0 Å². The first kappa shape index (κ1) is 14.3. The van der Waals surface area contributed by atoms with Crippen molar-refractivity contribution in [3.63, 3.8) is 0 Å². The Morgan fingerprint density at radius 2 is 2.21 bits per heavy atom. The quantitative estimate of drug-likeness (QED) is 0.888. The van der Waals surface area contributed by atoms with E-state index in [9.17, 15) is 4.39 Å². The summed E-state index contributed by atoms with van der Waals surface area (Å²) in [7, 11) is 3.59. The molecule has 0 bridgehead atoms.